The number of nitrogens with one attached hydrogen (secondary N) is 2. The Balaban J connectivity index is 1.64. The average molecular weight is 442 g/mol. The number of rotatable bonds is 8. The maximum absolute atomic E-state index is 12.6. The third-order valence-electron chi connectivity index (χ3n) is 5.07. The number of benzene rings is 1. The molecule has 0 fully saturated rings. The van der Waals surface area contributed by atoms with E-state index in [-0.39, 0.29) is 12.0 Å². The van der Waals surface area contributed by atoms with Crippen molar-refractivity contribution in [1.82, 2.24) is 5.32 Å². The number of nitriles is 1. The highest BCUT2D eigenvalue weighted by atomic mass is 32.1. The molecule has 0 aliphatic heterocycles. The van der Waals surface area contributed by atoms with Gasteiger partial charge in [0.1, 0.15) is 22.9 Å². The smallest absolute Gasteiger partial charge is 0.407 e. The van der Waals surface area contributed by atoms with Crippen molar-refractivity contribution in [3.63, 3.8) is 0 Å². The third kappa shape index (κ3) is 5.76. The number of amides is 2. The summed E-state index contributed by atoms with van der Waals surface area (Å²) in [6, 6.07) is 9.93. The predicted molar refractivity (Wildman–Crippen MR) is 120 cm³/mol. The number of aryl methyl sites for hydroxylation is 1. The summed E-state index contributed by atoms with van der Waals surface area (Å²) in [5.41, 5.74) is 2.47. The van der Waals surface area contributed by atoms with E-state index in [0.717, 1.165) is 21.8 Å². The van der Waals surface area contributed by atoms with Gasteiger partial charge in [-0.1, -0.05) is 18.2 Å². The lowest BCUT2D eigenvalue weighted by Crippen LogP contribution is -2.31. The monoisotopic (exact) mass is 441 g/mol. The van der Waals surface area contributed by atoms with Crippen LogP contribution in [-0.2, 0) is 28.8 Å². The van der Waals surface area contributed by atoms with Crippen LogP contribution in [0.25, 0.3) is 0 Å². The number of fused-ring (bicyclic) bond motifs is 1. The molecule has 31 heavy (non-hydrogen) atoms. The van der Waals surface area contributed by atoms with Gasteiger partial charge in [-0.05, 0) is 50.3 Å². The summed E-state index contributed by atoms with van der Waals surface area (Å²) in [5, 5.41) is 15.8. The zero-order chi connectivity index (χ0) is 22.2. The highest BCUT2D eigenvalue weighted by Gasteiger charge is 2.28. The number of alkyl carbamates (subject to hydrolysis) is 1. The molecule has 7 nitrogen and oxygen atoms in total. The van der Waals surface area contributed by atoms with Crippen LogP contribution in [0, 0.1) is 11.3 Å². The molecule has 1 aliphatic rings. The molecule has 1 aliphatic carbocycles. The molecule has 164 valence electrons. The number of carbonyl (C=O) groups is 2. The van der Waals surface area contributed by atoms with Gasteiger partial charge in [-0.3, -0.25) is 4.79 Å². The Morgan fingerprint density at radius 3 is 2.84 bits per heavy atom. The van der Waals surface area contributed by atoms with Gasteiger partial charge < -0.3 is 20.1 Å². The molecule has 1 atom stereocenters. The van der Waals surface area contributed by atoms with Crippen molar-refractivity contribution in [3.8, 4) is 11.8 Å². The normalized spacial score (nSPS) is 14.8. The van der Waals surface area contributed by atoms with Crippen LogP contribution in [0.3, 0.4) is 0 Å². The zero-order valence-corrected chi connectivity index (χ0v) is 18.6. The molecule has 0 saturated heterocycles. The first-order chi connectivity index (χ1) is 15.0. The fraction of sp³-hybridized carbons (Fsp3) is 0.435. The molecule has 0 saturated carbocycles. The van der Waals surface area contributed by atoms with Gasteiger partial charge in [0.15, 0.2) is 0 Å². The maximum atomic E-state index is 12.6. The van der Waals surface area contributed by atoms with E-state index in [0.29, 0.717) is 55.8 Å². The highest BCUT2D eigenvalue weighted by Crippen LogP contribution is 2.38. The molecule has 1 aromatic carbocycles. The Morgan fingerprint density at radius 2 is 2.10 bits per heavy atom. The first kappa shape index (κ1) is 22.6. The molecular weight excluding hydrogens is 414 g/mol. The van der Waals surface area contributed by atoms with Crippen LogP contribution < -0.4 is 15.4 Å². The summed E-state index contributed by atoms with van der Waals surface area (Å²) >= 11 is 1.40. The van der Waals surface area contributed by atoms with E-state index in [2.05, 4.69) is 16.7 Å². The molecular formula is C23H27N3O4S. The van der Waals surface area contributed by atoms with Crippen LogP contribution in [0.5, 0.6) is 5.75 Å². The lowest BCUT2D eigenvalue weighted by atomic mass is 9.94. The second-order valence-electron chi connectivity index (χ2n) is 7.21. The molecule has 2 aromatic rings. The largest absolute Gasteiger partial charge is 0.494 e. The number of hydrogen-bond acceptors (Lipinski definition) is 6. The second-order valence-corrected chi connectivity index (χ2v) is 8.31. The first-order valence-electron chi connectivity index (χ1n) is 10.5. The number of carbonyl (C=O) groups excluding carboxylic acids is 2. The van der Waals surface area contributed by atoms with E-state index >= 15 is 0 Å². The summed E-state index contributed by atoms with van der Waals surface area (Å²) in [7, 11) is 0. The van der Waals surface area contributed by atoms with Gasteiger partial charge in [-0.2, -0.15) is 5.26 Å². The average Bonchev–Trinajstić information content (AvgIpc) is 3.09. The number of nitrogens with zero attached hydrogens (tertiary/aromatic N) is 1. The van der Waals surface area contributed by atoms with Crippen molar-refractivity contribution < 1.29 is 19.1 Å². The Labute approximate surface area is 186 Å². The summed E-state index contributed by atoms with van der Waals surface area (Å²) in [4.78, 5) is 25.3. The van der Waals surface area contributed by atoms with Crippen LogP contribution >= 0.6 is 11.3 Å². The quantitative estimate of drug-likeness (QED) is 0.640. The summed E-state index contributed by atoms with van der Waals surface area (Å²) in [5.74, 6) is 0.650. The van der Waals surface area contributed by atoms with Gasteiger partial charge in [-0.15, -0.1) is 11.3 Å². The lowest BCUT2D eigenvalue weighted by Gasteiger charge is -2.22. The molecule has 0 spiro atoms. The molecule has 0 radical (unpaired) electrons. The number of anilines is 1. The minimum Gasteiger partial charge on any atom is -0.494 e. The van der Waals surface area contributed by atoms with Crippen LogP contribution in [0.15, 0.2) is 24.3 Å². The summed E-state index contributed by atoms with van der Waals surface area (Å²) < 4.78 is 11.1. The maximum Gasteiger partial charge on any atom is 0.407 e. The Bertz CT molecular complexity index is 980. The van der Waals surface area contributed by atoms with Crippen molar-refractivity contribution in [1.29, 1.82) is 5.26 Å². The van der Waals surface area contributed by atoms with Gasteiger partial charge >= 0.3 is 6.09 Å². The van der Waals surface area contributed by atoms with E-state index in [1.54, 1.807) is 0 Å². The fourth-order valence-corrected chi connectivity index (χ4v) is 4.92. The molecule has 1 aromatic heterocycles. The Morgan fingerprint density at radius 1 is 1.29 bits per heavy atom. The van der Waals surface area contributed by atoms with Crippen molar-refractivity contribution in [2.45, 2.75) is 52.1 Å². The fourth-order valence-electron chi connectivity index (χ4n) is 3.64. The van der Waals surface area contributed by atoms with Gasteiger partial charge in [0.25, 0.3) is 0 Å². The topological polar surface area (TPSA) is 100 Å². The SMILES string of the molecule is CCNC(=O)OC1CCc2c(sc(NC(=O)CCc3ccccc3OCC)c2C#N)C1. The van der Waals surface area contributed by atoms with Crippen molar-refractivity contribution in [2.24, 2.45) is 0 Å². The zero-order valence-electron chi connectivity index (χ0n) is 17.8. The van der Waals surface area contributed by atoms with E-state index in [4.69, 9.17) is 9.47 Å². The molecule has 2 N–H and O–H groups in total. The van der Waals surface area contributed by atoms with Gasteiger partial charge in [0.2, 0.25) is 5.91 Å². The van der Waals surface area contributed by atoms with Gasteiger partial charge in [0.05, 0.1) is 12.2 Å². The van der Waals surface area contributed by atoms with E-state index < -0.39 is 6.09 Å². The van der Waals surface area contributed by atoms with E-state index in [1.807, 2.05) is 38.1 Å². The molecule has 3 rings (SSSR count). The van der Waals surface area contributed by atoms with Gasteiger partial charge in [0, 0.05) is 24.3 Å². The number of ether oxygens (including phenoxy) is 2. The standard InChI is InChI=1S/C23H27N3O4S/c1-3-25-23(28)30-16-10-11-17-18(14-24)22(31-20(17)13-16)26-21(27)12-9-15-7-5-6-8-19(15)29-4-2/h5-8,16H,3-4,9-13H2,1-2H3,(H,25,28)(H,26,27). The predicted octanol–water partition coefficient (Wildman–Crippen LogP) is 4.19. The second kappa shape index (κ2) is 10.8. The van der Waals surface area contributed by atoms with Crippen LogP contribution in [-0.4, -0.2) is 31.3 Å². The van der Waals surface area contributed by atoms with Gasteiger partial charge in [-0.25, -0.2) is 4.79 Å². The van der Waals surface area contributed by atoms with Crippen LogP contribution in [0.1, 0.15) is 48.3 Å². The van der Waals surface area contributed by atoms with Crippen molar-refractivity contribution in [3.05, 3.63) is 45.8 Å². The lowest BCUT2D eigenvalue weighted by molar-refractivity contribution is -0.116. The number of para-hydroxylation sites is 1. The highest BCUT2D eigenvalue weighted by molar-refractivity contribution is 7.16. The summed E-state index contributed by atoms with van der Waals surface area (Å²) in [6.45, 7) is 4.85. The van der Waals surface area contributed by atoms with Crippen molar-refractivity contribution >= 4 is 28.3 Å². The van der Waals surface area contributed by atoms with E-state index in [9.17, 15) is 14.9 Å². The first-order valence-corrected chi connectivity index (χ1v) is 11.4. The minimum absolute atomic E-state index is 0.142. The van der Waals surface area contributed by atoms with Crippen LogP contribution in [0.4, 0.5) is 9.80 Å². The molecule has 0 bridgehead atoms. The number of thiophene rings is 1. The summed E-state index contributed by atoms with van der Waals surface area (Å²) in [6.07, 6.45) is 2.08. The minimum atomic E-state index is -0.422. The molecule has 1 heterocycles. The Hall–Kier alpha value is -3.05. The van der Waals surface area contributed by atoms with E-state index in [1.165, 1.54) is 11.3 Å². The number of hydrogen-bond donors (Lipinski definition) is 2. The molecule has 2 amide bonds. The third-order valence-corrected chi connectivity index (χ3v) is 6.24. The van der Waals surface area contributed by atoms with Crippen LogP contribution in [0.2, 0.25) is 0 Å². The Kier molecular flexibility index (Phi) is 7.90. The molecule has 8 heteroatoms. The van der Waals surface area contributed by atoms with Crippen molar-refractivity contribution in [2.75, 3.05) is 18.5 Å². The molecule has 1 unspecified atom stereocenters.